The van der Waals surface area contributed by atoms with E-state index < -0.39 is 0 Å². The van der Waals surface area contributed by atoms with E-state index in [1.807, 2.05) is 12.1 Å². The van der Waals surface area contributed by atoms with Gasteiger partial charge in [-0.05, 0) is 48.4 Å². The zero-order valence-corrected chi connectivity index (χ0v) is 12.4. The lowest BCUT2D eigenvalue weighted by molar-refractivity contribution is 0.233. The molecule has 1 saturated carbocycles. The number of hydrogen-bond donors (Lipinski definition) is 3. The van der Waals surface area contributed by atoms with Crippen molar-refractivity contribution in [1.82, 2.24) is 5.43 Å². The highest BCUT2D eigenvalue weighted by atomic mass is 79.9. The summed E-state index contributed by atoms with van der Waals surface area (Å²) in [6.45, 7) is 2.33. The van der Waals surface area contributed by atoms with Crippen LogP contribution in [0.1, 0.15) is 44.2 Å². The predicted octanol–water partition coefficient (Wildman–Crippen LogP) is 3.36. The minimum Gasteiger partial charge on any atom is -0.398 e. The molecule has 0 radical (unpaired) electrons. The summed E-state index contributed by atoms with van der Waals surface area (Å²) in [6, 6.07) is 6.15. The fourth-order valence-electron chi connectivity index (χ4n) is 2.91. The van der Waals surface area contributed by atoms with Crippen LogP contribution in [0.3, 0.4) is 0 Å². The summed E-state index contributed by atoms with van der Waals surface area (Å²) in [5.74, 6) is 7.20. The van der Waals surface area contributed by atoms with E-state index in [0.29, 0.717) is 5.92 Å². The number of nitrogens with two attached hydrogens (primary N) is 2. The Morgan fingerprint density at radius 3 is 2.56 bits per heavy atom. The SMILES string of the molecule is CC1CCC(C(NN)c2cc(Br)ccc2N)CC1. The normalized spacial score (nSPS) is 25.9. The van der Waals surface area contributed by atoms with Gasteiger partial charge in [0, 0.05) is 10.2 Å². The van der Waals surface area contributed by atoms with Crippen LogP contribution in [0.4, 0.5) is 5.69 Å². The van der Waals surface area contributed by atoms with Gasteiger partial charge < -0.3 is 5.73 Å². The Labute approximate surface area is 117 Å². The molecule has 4 heteroatoms. The Hall–Kier alpha value is -0.580. The maximum Gasteiger partial charge on any atom is 0.0508 e. The molecule has 1 aliphatic carbocycles. The molecule has 1 aromatic rings. The van der Waals surface area contributed by atoms with Gasteiger partial charge in [0.25, 0.3) is 0 Å². The standard InChI is InChI=1S/C14H22BrN3/c1-9-2-4-10(5-3-9)14(18-17)12-8-11(15)6-7-13(12)16/h6-10,14,18H,2-5,16-17H2,1H3. The summed E-state index contributed by atoms with van der Waals surface area (Å²) in [5.41, 5.74) is 11.0. The summed E-state index contributed by atoms with van der Waals surface area (Å²) in [5, 5.41) is 0. The van der Waals surface area contributed by atoms with Gasteiger partial charge in [-0.25, -0.2) is 0 Å². The van der Waals surface area contributed by atoms with E-state index >= 15 is 0 Å². The summed E-state index contributed by atoms with van der Waals surface area (Å²) in [6.07, 6.45) is 5.03. The van der Waals surface area contributed by atoms with Crippen LogP contribution in [0.2, 0.25) is 0 Å². The summed E-state index contributed by atoms with van der Waals surface area (Å²) in [4.78, 5) is 0. The second-order valence-corrected chi connectivity index (χ2v) is 6.35. The van der Waals surface area contributed by atoms with E-state index in [1.165, 1.54) is 25.7 Å². The molecule has 1 aliphatic rings. The first-order valence-corrected chi connectivity index (χ1v) is 7.42. The Kier molecular flexibility index (Phi) is 4.65. The van der Waals surface area contributed by atoms with Crippen LogP contribution in [-0.4, -0.2) is 0 Å². The number of hydrazine groups is 1. The lowest BCUT2D eigenvalue weighted by Crippen LogP contribution is -2.35. The van der Waals surface area contributed by atoms with Crippen molar-refractivity contribution in [2.75, 3.05) is 5.73 Å². The highest BCUT2D eigenvalue weighted by Crippen LogP contribution is 2.38. The molecule has 0 saturated heterocycles. The lowest BCUT2D eigenvalue weighted by Gasteiger charge is -2.33. The molecule has 100 valence electrons. The maximum atomic E-state index is 6.08. The van der Waals surface area contributed by atoms with Gasteiger partial charge in [-0.3, -0.25) is 11.3 Å². The van der Waals surface area contributed by atoms with Gasteiger partial charge in [0.2, 0.25) is 0 Å². The molecule has 1 fully saturated rings. The fraction of sp³-hybridized carbons (Fsp3) is 0.571. The Balaban J connectivity index is 2.19. The fourth-order valence-corrected chi connectivity index (χ4v) is 3.29. The number of anilines is 1. The second kappa shape index (κ2) is 6.04. The molecule has 0 bridgehead atoms. The van der Waals surface area contributed by atoms with Crippen molar-refractivity contribution < 1.29 is 0 Å². The number of nitrogen functional groups attached to an aromatic ring is 1. The van der Waals surface area contributed by atoms with E-state index in [1.54, 1.807) is 0 Å². The van der Waals surface area contributed by atoms with Gasteiger partial charge in [0.05, 0.1) is 6.04 Å². The molecule has 0 aromatic heterocycles. The zero-order chi connectivity index (χ0) is 13.1. The van der Waals surface area contributed by atoms with Crippen molar-refractivity contribution in [3.05, 3.63) is 28.2 Å². The van der Waals surface area contributed by atoms with Gasteiger partial charge in [-0.15, -0.1) is 0 Å². The van der Waals surface area contributed by atoms with Gasteiger partial charge in [0.15, 0.2) is 0 Å². The number of halogens is 1. The van der Waals surface area contributed by atoms with E-state index in [2.05, 4.69) is 34.3 Å². The number of nitrogens with one attached hydrogen (secondary N) is 1. The molecule has 0 spiro atoms. The topological polar surface area (TPSA) is 64.1 Å². The third-order valence-electron chi connectivity index (χ3n) is 4.10. The molecule has 1 atom stereocenters. The van der Waals surface area contributed by atoms with E-state index in [9.17, 15) is 0 Å². The smallest absolute Gasteiger partial charge is 0.0508 e. The summed E-state index contributed by atoms with van der Waals surface area (Å²) >= 11 is 3.50. The molecular weight excluding hydrogens is 290 g/mol. The summed E-state index contributed by atoms with van der Waals surface area (Å²) < 4.78 is 1.05. The first-order chi connectivity index (χ1) is 8.61. The second-order valence-electron chi connectivity index (χ2n) is 5.44. The van der Waals surface area contributed by atoms with Crippen LogP contribution in [0.25, 0.3) is 0 Å². The van der Waals surface area contributed by atoms with Crippen LogP contribution in [0, 0.1) is 11.8 Å². The molecule has 5 N–H and O–H groups in total. The first-order valence-electron chi connectivity index (χ1n) is 6.63. The number of rotatable bonds is 3. The zero-order valence-electron chi connectivity index (χ0n) is 10.8. The molecule has 18 heavy (non-hydrogen) atoms. The predicted molar refractivity (Wildman–Crippen MR) is 79.7 cm³/mol. The molecule has 0 amide bonds. The third-order valence-corrected chi connectivity index (χ3v) is 4.59. The van der Waals surface area contributed by atoms with E-state index in [0.717, 1.165) is 21.6 Å². The van der Waals surface area contributed by atoms with Crippen molar-refractivity contribution in [3.8, 4) is 0 Å². The first kappa shape index (κ1) is 13.8. The highest BCUT2D eigenvalue weighted by Gasteiger charge is 2.27. The third kappa shape index (κ3) is 3.05. The molecule has 1 unspecified atom stereocenters. The lowest BCUT2D eigenvalue weighted by atomic mass is 9.77. The largest absolute Gasteiger partial charge is 0.398 e. The van der Waals surface area contributed by atoms with Crippen molar-refractivity contribution in [2.24, 2.45) is 17.7 Å². The van der Waals surface area contributed by atoms with Gasteiger partial charge in [-0.1, -0.05) is 35.7 Å². The van der Waals surface area contributed by atoms with Crippen LogP contribution in [0.5, 0.6) is 0 Å². The quantitative estimate of drug-likeness (QED) is 0.455. The van der Waals surface area contributed by atoms with Crippen LogP contribution >= 0.6 is 15.9 Å². The number of benzene rings is 1. The van der Waals surface area contributed by atoms with Crippen molar-refractivity contribution in [3.63, 3.8) is 0 Å². The molecular formula is C14H22BrN3. The van der Waals surface area contributed by atoms with Gasteiger partial charge in [-0.2, -0.15) is 0 Å². The molecule has 3 nitrogen and oxygen atoms in total. The molecule has 0 aliphatic heterocycles. The number of hydrogen-bond acceptors (Lipinski definition) is 3. The minimum atomic E-state index is 0.162. The Morgan fingerprint density at radius 2 is 1.94 bits per heavy atom. The van der Waals surface area contributed by atoms with Crippen molar-refractivity contribution in [2.45, 2.75) is 38.6 Å². The Bertz CT molecular complexity index is 400. The van der Waals surface area contributed by atoms with Crippen LogP contribution in [0.15, 0.2) is 22.7 Å². The summed E-state index contributed by atoms with van der Waals surface area (Å²) in [7, 11) is 0. The maximum absolute atomic E-state index is 6.08. The van der Waals surface area contributed by atoms with Crippen molar-refractivity contribution in [1.29, 1.82) is 0 Å². The average Bonchev–Trinajstić information content (AvgIpc) is 2.37. The Morgan fingerprint density at radius 1 is 1.28 bits per heavy atom. The monoisotopic (exact) mass is 311 g/mol. The molecule has 0 heterocycles. The minimum absolute atomic E-state index is 0.162. The van der Waals surface area contributed by atoms with E-state index in [-0.39, 0.29) is 6.04 Å². The van der Waals surface area contributed by atoms with Gasteiger partial charge in [0.1, 0.15) is 0 Å². The molecule has 2 rings (SSSR count). The highest BCUT2D eigenvalue weighted by molar-refractivity contribution is 9.10. The van der Waals surface area contributed by atoms with E-state index in [4.69, 9.17) is 11.6 Å². The average molecular weight is 312 g/mol. The molecule has 1 aromatic carbocycles. The van der Waals surface area contributed by atoms with Gasteiger partial charge >= 0.3 is 0 Å². The van der Waals surface area contributed by atoms with Crippen LogP contribution in [-0.2, 0) is 0 Å². The van der Waals surface area contributed by atoms with Crippen molar-refractivity contribution >= 4 is 21.6 Å². The van der Waals surface area contributed by atoms with Crippen LogP contribution < -0.4 is 17.0 Å².